The van der Waals surface area contributed by atoms with Gasteiger partial charge in [0, 0.05) is 0 Å². The van der Waals surface area contributed by atoms with E-state index in [0.29, 0.717) is 12.8 Å². The first-order chi connectivity index (χ1) is 10.8. The highest BCUT2D eigenvalue weighted by atomic mass is 19.4. The van der Waals surface area contributed by atoms with Crippen LogP contribution in [0.4, 0.5) is 23.7 Å². The smallest absolute Gasteiger partial charge is 0.325 e. The van der Waals surface area contributed by atoms with E-state index in [1.807, 2.05) is 0 Å². The maximum absolute atomic E-state index is 13.1. The first kappa shape index (κ1) is 15.3. The highest BCUT2D eigenvalue weighted by Gasteiger charge is 2.50. The molecule has 0 atom stereocenters. The van der Waals surface area contributed by atoms with Crippen molar-refractivity contribution in [3.05, 3.63) is 29.3 Å². The minimum Gasteiger partial charge on any atom is -0.325 e. The number of nitrogens with zero attached hydrogens (tertiary/aromatic N) is 2. The number of nitriles is 1. The Balaban J connectivity index is 2.04. The van der Waals surface area contributed by atoms with E-state index < -0.39 is 28.9 Å². The lowest BCUT2D eigenvalue weighted by molar-refractivity contribution is -0.137. The van der Waals surface area contributed by atoms with Gasteiger partial charge in [-0.05, 0) is 31.0 Å². The lowest BCUT2D eigenvalue weighted by atomic mass is 9.97. The summed E-state index contributed by atoms with van der Waals surface area (Å²) >= 11 is 0. The van der Waals surface area contributed by atoms with E-state index in [1.54, 1.807) is 0 Å². The molecule has 120 valence electrons. The fourth-order valence-electron chi connectivity index (χ4n) is 3.23. The van der Waals surface area contributed by atoms with Gasteiger partial charge in [0.25, 0.3) is 0 Å². The maximum atomic E-state index is 13.1. The van der Waals surface area contributed by atoms with Gasteiger partial charge >= 0.3 is 12.2 Å². The van der Waals surface area contributed by atoms with Crippen molar-refractivity contribution in [1.82, 2.24) is 5.32 Å². The molecule has 3 rings (SSSR count). The zero-order valence-corrected chi connectivity index (χ0v) is 12.0. The van der Waals surface area contributed by atoms with Gasteiger partial charge in [-0.15, -0.1) is 0 Å². The molecule has 1 heterocycles. The third-order valence-electron chi connectivity index (χ3n) is 4.37. The number of rotatable bonds is 1. The zero-order valence-electron chi connectivity index (χ0n) is 12.0. The third kappa shape index (κ3) is 2.32. The second kappa shape index (κ2) is 4.98. The van der Waals surface area contributed by atoms with E-state index in [0.717, 1.165) is 29.9 Å². The van der Waals surface area contributed by atoms with Gasteiger partial charge in [0.2, 0.25) is 0 Å². The number of carbonyl (C=O) groups excluding carboxylic acids is 1. The summed E-state index contributed by atoms with van der Waals surface area (Å²) < 4.78 is 39.2. The molecule has 2 fully saturated rings. The number of nitrogens with one attached hydrogen (secondary N) is 2. The van der Waals surface area contributed by atoms with Crippen molar-refractivity contribution in [2.45, 2.75) is 37.4 Å². The fraction of sp³-hybridized carbons (Fsp3) is 0.400. The summed E-state index contributed by atoms with van der Waals surface area (Å²) in [5.41, 5.74) is -2.44. The quantitative estimate of drug-likeness (QED) is 0.831. The van der Waals surface area contributed by atoms with Crippen LogP contribution in [0.5, 0.6) is 0 Å². The standard InChI is InChI=1S/C15H13F3N4O/c16-15(17,18)11-7-10(4-3-9(11)8-19)22-12(20)14(21-13(22)23)5-1-2-6-14/h3-4,7,20H,1-2,5-6H2,(H,21,23). The van der Waals surface area contributed by atoms with E-state index in [2.05, 4.69) is 5.32 Å². The molecule has 2 aliphatic rings. The molecule has 0 unspecified atom stereocenters. The van der Waals surface area contributed by atoms with E-state index in [9.17, 15) is 18.0 Å². The van der Waals surface area contributed by atoms with Gasteiger partial charge in [0.1, 0.15) is 5.84 Å². The zero-order chi connectivity index (χ0) is 16.8. The topological polar surface area (TPSA) is 80.0 Å². The maximum Gasteiger partial charge on any atom is 0.417 e. The number of anilines is 1. The van der Waals surface area contributed by atoms with Crippen LogP contribution in [-0.4, -0.2) is 17.4 Å². The molecule has 1 aromatic rings. The molecule has 2 amide bonds. The van der Waals surface area contributed by atoms with Crippen LogP contribution in [0.1, 0.15) is 36.8 Å². The van der Waals surface area contributed by atoms with Crippen molar-refractivity contribution >= 4 is 17.6 Å². The number of carbonyl (C=O) groups is 1. The van der Waals surface area contributed by atoms with Gasteiger partial charge in [-0.1, -0.05) is 12.8 Å². The Hall–Kier alpha value is -2.56. The van der Waals surface area contributed by atoms with Crippen molar-refractivity contribution in [2.75, 3.05) is 4.90 Å². The number of amidine groups is 1. The highest BCUT2D eigenvalue weighted by molar-refractivity contribution is 6.24. The lowest BCUT2D eigenvalue weighted by Crippen LogP contribution is -2.43. The van der Waals surface area contributed by atoms with Crippen LogP contribution in [0.3, 0.4) is 0 Å². The number of alkyl halides is 3. The van der Waals surface area contributed by atoms with Crippen molar-refractivity contribution in [3.63, 3.8) is 0 Å². The Morgan fingerprint density at radius 2 is 1.96 bits per heavy atom. The predicted octanol–water partition coefficient (Wildman–Crippen LogP) is 3.40. The van der Waals surface area contributed by atoms with Gasteiger partial charge in [0.15, 0.2) is 0 Å². The largest absolute Gasteiger partial charge is 0.417 e. The third-order valence-corrected chi connectivity index (χ3v) is 4.37. The van der Waals surface area contributed by atoms with Crippen LogP contribution in [-0.2, 0) is 6.18 Å². The Kier molecular flexibility index (Phi) is 3.32. The molecule has 1 aromatic carbocycles. The molecule has 0 bridgehead atoms. The minimum absolute atomic E-state index is 0.0298. The number of benzene rings is 1. The number of amides is 2. The summed E-state index contributed by atoms with van der Waals surface area (Å²) in [6, 6.07) is 3.93. The van der Waals surface area contributed by atoms with Crippen molar-refractivity contribution in [1.29, 1.82) is 10.7 Å². The Bertz CT molecular complexity index is 729. The molecule has 1 spiro atoms. The Morgan fingerprint density at radius 1 is 1.30 bits per heavy atom. The van der Waals surface area contributed by atoms with Gasteiger partial charge in [-0.3, -0.25) is 5.41 Å². The molecule has 23 heavy (non-hydrogen) atoms. The van der Waals surface area contributed by atoms with E-state index >= 15 is 0 Å². The average Bonchev–Trinajstić information content (AvgIpc) is 3.04. The number of halogens is 3. The predicted molar refractivity (Wildman–Crippen MR) is 76.1 cm³/mol. The number of urea groups is 1. The summed E-state index contributed by atoms with van der Waals surface area (Å²) in [5, 5.41) is 19.8. The van der Waals surface area contributed by atoms with Crippen LogP contribution >= 0.6 is 0 Å². The molecule has 5 nitrogen and oxygen atoms in total. The Labute approximate surface area is 130 Å². The summed E-state index contributed by atoms with van der Waals surface area (Å²) in [7, 11) is 0. The summed E-state index contributed by atoms with van der Waals surface area (Å²) in [6.07, 6.45) is -1.77. The van der Waals surface area contributed by atoms with E-state index in [4.69, 9.17) is 10.7 Å². The molecular formula is C15H13F3N4O. The summed E-state index contributed by atoms with van der Waals surface area (Å²) in [4.78, 5) is 13.1. The molecule has 1 saturated heterocycles. The molecule has 8 heteroatoms. The Morgan fingerprint density at radius 3 is 2.52 bits per heavy atom. The second-order valence-corrected chi connectivity index (χ2v) is 5.74. The van der Waals surface area contributed by atoms with Gasteiger partial charge in [0.05, 0.1) is 28.4 Å². The number of hydrogen-bond acceptors (Lipinski definition) is 3. The van der Waals surface area contributed by atoms with Crippen molar-refractivity contribution < 1.29 is 18.0 Å². The van der Waals surface area contributed by atoms with Gasteiger partial charge in [-0.2, -0.15) is 18.4 Å². The van der Waals surface area contributed by atoms with Gasteiger partial charge < -0.3 is 5.32 Å². The molecule has 1 aliphatic carbocycles. The fourth-order valence-corrected chi connectivity index (χ4v) is 3.23. The van der Waals surface area contributed by atoms with Crippen LogP contribution in [0.2, 0.25) is 0 Å². The first-order valence-electron chi connectivity index (χ1n) is 7.11. The van der Waals surface area contributed by atoms with E-state index in [1.165, 1.54) is 12.1 Å². The van der Waals surface area contributed by atoms with Crippen LogP contribution in [0.25, 0.3) is 0 Å². The SMILES string of the molecule is N#Cc1ccc(N2C(=N)C3(CCCC3)NC2=O)cc1C(F)(F)F. The highest BCUT2D eigenvalue weighted by Crippen LogP contribution is 2.39. The van der Waals surface area contributed by atoms with Gasteiger partial charge in [-0.25, -0.2) is 9.69 Å². The number of hydrogen-bond donors (Lipinski definition) is 2. The normalized spacial score (nSPS) is 20.0. The minimum atomic E-state index is -4.70. The monoisotopic (exact) mass is 322 g/mol. The van der Waals surface area contributed by atoms with E-state index in [-0.39, 0.29) is 11.5 Å². The van der Waals surface area contributed by atoms with Crippen LogP contribution in [0.15, 0.2) is 18.2 Å². The molecule has 2 N–H and O–H groups in total. The summed E-state index contributed by atoms with van der Waals surface area (Å²) in [5.74, 6) is -0.0298. The first-order valence-corrected chi connectivity index (χ1v) is 7.11. The van der Waals surface area contributed by atoms with Crippen molar-refractivity contribution in [2.24, 2.45) is 0 Å². The average molecular weight is 322 g/mol. The molecule has 1 saturated carbocycles. The summed E-state index contributed by atoms with van der Waals surface area (Å²) in [6.45, 7) is 0. The van der Waals surface area contributed by atoms with Crippen LogP contribution in [0, 0.1) is 16.7 Å². The lowest BCUT2D eigenvalue weighted by Gasteiger charge is -2.23. The van der Waals surface area contributed by atoms with Crippen molar-refractivity contribution in [3.8, 4) is 6.07 Å². The molecule has 0 aromatic heterocycles. The molecule has 1 aliphatic heterocycles. The van der Waals surface area contributed by atoms with Crippen LogP contribution < -0.4 is 10.2 Å². The molecular weight excluding hydrogens is 309 g/mol. The molecule has 0 radical (unpaired) electrons. The second-order valence-electron chi connectivity index (χ2n) is 5.74.